The number of esters is 1. The predicted molar refractivity (Wildman–Crippen MR) is 84.9 cm³/mol. The Morgan fingerprint density at radius 2 is 2.08 bits per heavy atom. The first-order chi connectivity index (χ1) is 11.4. The monoisotopic (exact) mass is 330 g/mol. The largest absolute Gasteiger partial charge is 0.457 e. The lowest BCUT2D eigenvalue weighted by molar-refractivity contribution is -0.154. The number of halogens is 1. The number of carbonyl (C=O) groups excluding carboxylic acids is 2. The minimum absolute atomic E-state index is 0.0840. The molecule has 0 bridgehead atoms. The minimum atomic E-state index is -1.20. The second-order valence-electron chi connectivity index (χ2n) is 5.98. The number of ketones is 1. The van der Waals surface area contributed by atoms with Crippen LogP contribution in [0.3, 0.4) is 0 Å². The number of Topliss-reactive ketones (excluding diaryl/α,β-unsaturated/α-hetero) is 1. The number of carbonyl (C=O) groups is 2. The van der Waals surface area contributed by atoms with Crippen LogP contribution in [0.1, 0.15) is 31.2 Å². The summed E-state index contributed by atoms with van der Waals surface area (Å²) in [5.74, 6) is -2.82. The van der Waals surface area contributed by atoms with E-state index in [2.05, 4.69) is 6.58 Å². The van der Waals surface area contributed by atoms with Gasteiger partial charge in [-0.15, -0.1) is 0 Å². The molecule has 1 fully saturated rings. The number of benzene rings is 1. The van der Waals surface area contributed by atoms with Gasteiger partial charge in [-0.3, -0.25) is 9.59 Å². The fourth-order valence-corrected chi connectivity index (χ4v) is 3.10. The highest BCUT2D eigenvalue weighted by atomic mass is 19.1. The van der Waals surface area contributed by atoms with Crippen LogP contribution in [0.4, 0.5) is 4.39 Å². The fourth-order valence-electron chi connectivity index (χ4n) is 3.10. The molecule has 0 spiro atoms. The lowest BCUT2D eigenvalue weighted by atomic mass is 9.79. The van der Waals surface area contributed by atoms with Crippen molar-refractivity contribution in [2.24, 2.45) is 11.7 Å². The molecule has 24 heavy (non-hydrogen) atoms. The summed E-state index contributed by atoms with van der Waals surface area (Å²) in [6.07, 6.45) is 2.71. The second-order valence-corrected chi connectivity index (χ2v) is 5.98. The summed E-state index contributed by atoms with van der Waals surface area (Å²) >= 11 is 0. The Bertz CT molecular complexity index is 702. The van der Waals surface area contributed by atoms with E-state index < -0.39 is 35.5 Å². The third-order valence-electron chi connectivity index (χ3n) is 4.39. The van der Waals surface area contributed by atoms with Crippen LogP contribution in [0.15, 0.2) is 36.5 Å². The van der Waals surface area contributed by atoms with Crippen LogP contribution in [0.25, 0.3) is 0 Å². The average molecular weight is 330 g/mol. The van der Waals surface area contributed by atoms with Crippen molar-refractivity contribution in [3.05, 3.63) is 47.9 Å². The molecule has 0 unspecified atom stereocenters. The Hall–Kier alpha value is -2.68. The van der Waals surface area contributed by atoms with Crippen LogP contribution in [0.2, 0.25) is 0 Å². The van der Waals surface area contributed by atoms with Crippen LogP contribution in [-0.2, 0) is 19.7 Å². The third-order valence-corrected chi connectivity index (χ3v) is 4.39. The zero-order valence-corrected chi connectivity index (χ0v) is 13.3. The third kappa shape index (κ3) is 3.46. The van der Waals surface area contributed by atoms with E-state index in [-0.39, 0.29) is 5.70 Å². The van der Waals surface area contributed by atoms with Crippen molar-refractivity contribution in [2.45, 2.75) is 31.1 Å². The van der Waals surface area contributed by atoms with Gasteiger partial charge in [0.15, 0.2) is 12.4 Å². The molecule has 2 N–H and O–H groups in total. The van der Waals surface area contributed by atoms with Crippen molar-refractivity contribution >= 4 is 11.8 Å². The highest BCUT2D eigenvalue weighted by molar-refractivity contribution is 5.90. The van der Waals surface area contributed by atoms with Gasteiger partial charge in [-0.2, -0.15) is 5.26 Å². The van der Waals surface area contributed by atoms with Gasteiger partial charge in [0.1, 0.15) is 11.7 Å². The molecular formula is C18H19FN2O3. The number of nitrogens with zero attached hydrogens (tertiary/aromatic N) is 1. The molecule has 2 rings (SSSR count). The zero-order chi connectivity index (χ0) is 17.7. The number of nitrogens with two attached hydrogens (primary N) is 1. The van der Waals surface area contributed by atoms with Gasteiger partial charge < -0.3 is 10.5 Å². The Morgan fingerprint density at radius 3 is 2.62 bits per heavy atom. The molecule has 0 aromatic heterocycles. The van der Waals surface area contributed by atoms with Gasteiger partial charge in [0.2, 0.25) is 0 Å². The van der Waals surface area contributed by atoms with Gasteiger partial charge in [0, 0.05) is 5.70 Å². The first-order valence-corrected chi connectivity index (χ1v) is 7.70. The molecule has 0 saturated heterocycles. The van der Waals surface area contributed by atoms with Crippen LogP contribution in [0, 0.1) is 23.1 Å². The van der Waals surface area contributed by atoms with Crippen LogP contribution < -0.4 is 5.73 Å². The van der Waals surface area contributed by atoms with E-state index in [0.29, 0.717) is 18.4 Å². The summed E-state index contributed by atoms with van der Waals surface area (Å²) in [6.45, 7) is 2.82. The maximum absolute atomic E-state index is 13.5. The second kappa shape index (κ2) is 7.26. The van der Waals surface area contributed by atoms with Gasteiger partial charge in [-0.25, -0.2) is 4.39 Å². The van der Waals surface area contributed by atoms with Crippen molar-refractivity contribution in [3.8, 4) is 6.07 Å². The molecular weight excluding hydrogens is 311 g/mol. The van der Waals surface area contributed by atoms with Crippen molar-refractivity contribution in [3.63, 3.8) is 0 Å². The maximum atomic E-state index is 13.5. The van der Waals surface area contributed by atoms with Crippen LogP contribution in [0.5, 0.6) is 0 Å². The normalized spacial score (nSPS) is 16.8. The van der Waals surface area contributed by atoms with Gasteiger partial charge in [0.05, 0.1) is 11.5 Å². The molecule has 1 aromatic rings. The Kier molecular flexibility index (Phi) is 5.35. The number of hydrogen-bond donors (Lipinski definition) is 1. The highest BCUT2D eigenvalue weighted by Gasteiger charge is 2.44. The zero-order valence-electron chi connectivity index (χ0n) is 13.3. The number of hydrogen-bond acceptors (Lipinski definition) is 5. The topological polar surface area (TPSA) is 93.2 Å². The van der Waals surface area contributed by atoms with E-state index in [0.717, 1.165) is 12.8 Å². The Balaban J connectivity index is 2.15. The lowest BCUT2D eigenvalue weighted by Gasteiger charge is -2.27. The molecule has 1 aliphatic rings. The molecule has 1 aromatic carbocycles. The van der Waals surface area contributed by atoms with E-state index >= 15 is 0 Å². The average Bonchev–Trinajstić information content (AvgIpc) is 3.04. The fraction of sp³-hybridized carbons (Fsp3) is 0.389. The molecule has 126 valence electrons. The predicted octanol–water partition coefficient (Wildman–Crippen LogP) is 2.36. The van der Waals surface area contributed by atoms with E-state index in [1.54, 1.807) is 18.2 Å². The standard InChI is InChI=1S/C18H19FN2O3/c1-12(21)15(10-20)16(22)11-24-17(23)18(7-2-3-8-18)13-5-4-6-14(19)9-13/h4-6,9,15H,1-3,7-8,11,21H2/t15-/m0/s1. The molecule has 6 heteroatoms. The van der Waals surface area contributed by atoms with Crippen LogP contribution in [-0.4, -0.2) is 18.4 Å². The molecule has 0 heterocycles. The quantitative estimate of drug-likeness (QED) is 0.808. The number of nitriles is 1. The summed E-state index contributed by atoms with van der Waals surface area (Å²) in [5.41, 5.74) is 4.92. The smallest absolute Gasteiger partial charge is 0.316 e. The van der Waals surface area contributed by atoms with E-state index in [1.165, 1.54) is 12.1 Å². The molecule has 1 atom stereocenters. The van der Waals surface area contributed by atoms with Gasteiger partial charge in [-0.1, -0.05) is 31.6 Å². The van der Waals surface area contributed by atoms with Gasteiger partial charge in [0.25, 0.3) is 0 Å². The lowest BCUT2D eigenvalue weighted by Crippen LogP contribution is -2.37. The Morgan fingerprint density at radius 1 is 1.42 bits per heavy atom. The highest BCUT2D eigenvalue weighted by Crippen LogP contribution is 2.42. The molecule has 1 saturated carbocycles. The van der Waals surface area contributed by atoms with Gasteiger partial charge in [-0.05, 0) is 30.5 Å². The number of ether oxygens (including phenoxy) is 1. The molecule has 0 amide bonds. The minimum Gasteiger partial charge on any atom is -0.457 e. The van der Waals surface area contributed by atoms with Gasteiger partial charge >= 0.3 is 5.97 Å². The van der Waals surface area contributed by atoms with Crippen molar-refractivity contribution < 1.29 is 18.7 Å². The molecule has 0 aliphatic heterocycles. The van der Waals surface area contributed by atoms with Crippen LogP contribution >= 0.6 is 0 Å². The van der Waals surface area contributed by atoms with E-state index in [9.17, 15) is 14.0 Å². The summed E-state index contributed by atoms with van der Waals surface area (Å²) in [4.78, 5) is 24.6. The SMILES string of the molecule is C=C(N)[C@H](C#N)C(=O)COC(=O)C1(c2cccc(F)c2)CCCC1. The van der Waals surface area contributed by atoms with E-state index in [1.807, 2.05) is 0 Å². The Labute approximate surface area is 139 Å². The first-order valence-electron chi connectivity index (χ1n) is 7.70. The summed E-state index contributed by atoms with van der Waals surface area (Å²) in [5, 5.41) is 8.91. The van der Waals surface area contributed by atoms with Crippen molar-refractivity contribution in [2.75, 3.05) is 6.61 Å². The molecule has 5 nitrogen and oxygen atoms in total. The maximum Gasteiger partial charge on any atom is 0.316 e. The van der Waals surface area contributed by atoms with E-state index in [4.69, 9.17) is 15.7 Å². The number of allylic oxidation sites excluding steroid dienone is 1. The summed E-state index contributed by atoms with van der Waals surface area (Å²) in [6, 6.07) is 7.61. The first kappa shape index (κ1) is 17.7. The summed E-state index contributed by atoms with van der Waals surface area (Å²) in [7, 11) is 0. The number of rotatable bonds is 6. The summed E-state index contributed by atoms with van der Waals surface area (Å²) < 4.78 is 18.7. The molecule has 0 radical (unpaired) electrons. The molecule has 1 aliphatic carbocycles. The van der Waals surface area contributed by atoms with Crippen molar-refractivity contribution in [1.82, 2.24) is 0 Å². The van der Waals surface area contributed by atoms with Crippen molar-refractivity contribution in [1.29, 1.82) is 5.26 Å².